The van der Waals surface area contributed by atoms with Crippen molar-refractivity contribution in [1.29, 1.82) is 0 Å². The maximum atomic E-state index is 11.5. The SMILES string of the molecule is CC(C)Cn1c2c(c3cc(C(C)(C)C)ccc31)CC(C(=O)O)CC2. The number of carboxylic acid groups (broad SMARTS) is 1. The van der Waals surface area contributed by atoms with Gasteiger partial charge < -0.3 is 9.67 Å². The molecular formula is C21H29NO2. The Morgan fingerprint density at radius 3 is 2.62 bits per heavy atom. The van der Waals surface area contributed by atoms with Crippen molar-refractivity contribution in [3.63, 3.8) is 0 Å². The first kappa shape index (κ1) is 17.1. The van der Waals surface area contributed by atoms with E-state index in [1.807, 2.05) is 0 Å². The molecule has 130 valence electrons. The van der Waals surface area contributed by atoms with Crippen molar-refractivity contribution < 1.29 is 9.90 Å². The first-order valence-corrected chi connectivity index (χ1v) is 9.05. The van der Waals surface area contributed by atoms with Gasteiger partial charge in [-0.1, -0.05) is 40.7 Å². The Morgan fingerprint density at radius 1 is 1.33 bits per heavy atom. The molecule has 1 aliphatic carbocycles. The lowest BCUT2D eigenvalue weighted by Gasteiger charge is -2.22. The molecule has 1 atom stereocenters. The molecule has 1 aliphatic rings. The second-order valence-electron chi connectivity index (χ2n) is 8.69. The van der Waals surface area contributed by atoms with Crippen molar-refractivity contribution in [2.75, 3.05) is 0 Å². The van der Waals surface area contributed by atoms with E-state index in [1.165, 1.54) is 27.7 Å². The van der Waals surface area contributed by atoms with Crippen LogP contribution in [0.1, 0.15) is 57.9 Å². The van der Waals surface area contributed by atoms with E-state index in [4.69, 9.17) is 0 Å². The summed E-state index contributed by atoms with van der Waals surface area (Å²) < 4.78 is 2.44. The molecule has 0 saturated heterocycles. The van der Waals surface area contributed by atoms with Crippen LogP contribution in [-0.2, 0) is 29.6 Å². The highest BCUT2D eigenvalue weighted by atomic mass is 16.4. The number of carbonyl (C=O) groups is 1. The van der Waals surface area contributed by atoms with Crippen molar-refractivity contribution in [3.05, 3.63) is 35.0 Å². The first-order chi connectivity index (χ1) is 11.2. The number of fused-ring (bicyclic) bond motifs is 3. The van der Waals surface area contributed by atoms with E-state index in [1.54, 1.807) is 0 Å². The van der Waals surface area contributed by atoms with Gasteiger partial charge in [0.15, 0.2) is 0 Å². The summed E-state index contributed by atoms with van der Waals surface area (Å²) in [6.45, 7) is 12.2. The zero-order chi connectivity index (χ0) is 17.6. The Morgan fingerprint density at radius 2 is 2.04 bits per heavy atom. The Kier molecular flexibility index (Phi) is 4.23. The van der Waals surface area contributed by atoms with Gasteiger partial charge in [-0.2, -0.15) is 0 Å². The maximum Gasteiger partial charge on any atom is 0.306 e. The van der Waals surface area contributed by atoms with Crippen LogP contribution < -0.4 is 0 Å². The van der Waals surface area contributed by atoms with Crippen LogP contribution >= 0.6 is 0 Å². The van der Waals surface area contributed by atoms with Gasteiger partial charge in [0.05, 0.1) is 5.92 Å². The van der Waals surface area contributed by atoms with Gasteiger partial charge in [0.25, 0.3) is 0 Å². The van der Waals surface area contributed by atoms with E-state index in [0.29, 0.717) is 12.3 Å². The molecule has 0 saturated carbocycles. The summed E-state index contributed by atoms with van der Waals surface area (Å²) in [5, 5.41) is 10.7. The van der Waals surface area contributed by atoms with Gasteiger partial charge in [-0.3, -0.25) is 4.79 Å². The van der Waals surface area contributed by atoms with Crippen LogP contribution in [0.3, 0.4) is 0 Å². The van der Waals surface area contributed by atoms with Crippen molar-refractivity contribution >= 4 is 16.9 Å². The molecule has 0 fully saturated rings. The summed E-state index contributed by atoms with van der Waals surface area (Å²) in [4.78, 5) is 11.5. The third-order valence-corrected chi connectivity index (χ3v) is 5.23. The molecule has 24 heavy (non-hydrogen) atoms. The van der Waals surface area contributed by atoms with Crippen molar-refractivity contribution in [1.82, 2.24) is 4.57 Å². The van der Waals surface area contributed by atoms with E-state index in [2.05, 4.69) is 57.4 Å². The Balaban J connectivity index is 2.20. The van der Waals surface area contributed by atoms with Crippen LogP contribution in [0.4, 0.5) is 0 Å². The lowest BCUT2D eigenvalue weighted by Crippen LogP contribution is -2.23. The van der Waals surface area contributed by atoms with E-state index < -0.39 is 5.97 Å². The van der Waals surface area contributed by atoms with Crippen LogP contribution in [0.15, 0.2) is 18.2 Å². The fourth-order valence-corrected chi connectivity index (χ4v) is 3.90. The van der Waals surface area contributed by atoms with Gasteiger partial charge in [-0.25, -0.2) is 0 Å². The van der Waals surface area contributed by atoms with Gasteiger partial charge >= 0.3 is 5.97 Å². The highest BCUT2D eigenvalue weighted by Crippen LogP contribution is 2.37. The van der Waals surface area contributed by atoms with Crippen LogP contribution in [0, 0.1) is 11.8 Å². The normalized spacial score (nSPS) is 18.2. The molecule has 1 unspecified atom stereocenters. The molecular weight excluding hydrogens is 298 g/mol. The molecule has 1 aromatic carbocycles. The number of carboxylic acids is 1. The Hall–Kier alpha value is -1.77. The molecule has 1 aromatic heterocycles. The average molecular weight is 327 g/mol. The summed E-state index contributed by atoms with van der Waals surface area (Å²) in [5.41, 5.74) is 5.32. The van der Waals surface area contributed by atoms with E-state index in [0.717, 1.165) is 19.4 Å². The molecule has 0 spiro atoms. The summed E-state index contributed by atoms with van der Waals surface area (Å²) in [7, 11) is 0. The number of hydrogen-bond acceptors (Lipinski definition) is 1. The minimum atomic E-state index is -0.655. The summed E-state index contributed by atoms with van der Waals surface area (Å²) in [6, 6.07) is 6.78. The second-order valence-corrected chi connectivity index (χ2v) is 8.69. The van der Waals surface area contributed by atoms with Gasteiger partial charge in [0, 0.05) is 23.1 Å². The third kappa shape index (κ3) is 2.97. The van der Waals surface area contributed by atoms with Gasteiger partial charge in [0.1, 0.15) is 0 Å². The Bertz CT molecular complexity index is 777. The van der Waals surface area contributed by atoms with Crippen LogP contribution in [0.25, 0.3) is 10.9 Å². The standard InChI is InChI=1S/C21H29NO2/c1-13(2)12-22-18-8-6-14(20(23)24)10-16(18)17-11-15(21(3,4)5)7-9-19(17)22/h7,9,11,13-14H,6,8,10,12H2,1-5H3,(H,23,24). The molecule has 1 heterocycles. The predicted octanol–water partition coefficient (Wildman–Crippen LogP) is 4.78. The largest absolute Gasteiger partial charge is 0.481 e. The minimum Gasteiger partial charge on any atom is -0.481 e. The molecule has 0 radical (unpaired) electrons. The van der Waals surface area contributed by atoms with Crippen molar-refractivity contribution in [2.24, 2.45) is 11.8 Å². The summed E-state index contributed by atoms with van der Waals surface area (Å²) in [5.74, 6) is -0.324. The maximum absolute atomic E-state index is 11.5. The molecule has 0 bridgehead atoms. The van der Waals surface area contributed by atoms with Gasteiger partial charge in [0.2, 0.25) is 0 Å². The van der Waals surface area contributed by atoms with E-state index in [9.17, 15) is 9.90 Å². The predicted molar refractivity (Wildman–Crippen MR) is 98.6 cm³/mol. The number of aliphatic carboxylic acids is 1. The molecule has 2 aromatic rings. The number of aromatic nitrogens is 1. The van der Waals surface area contributed by atoms with E-state index >= 15 is 0 Å². The lowest BCUT2D eigenvalue weighted by molar-refractivity contribution is -0.142. The topological polar surface area (TPSA) is 42.2 Å². The minimum absolute atomic E-state index is 0.0993. The van der Waals surface area contributed by atoms with E-state index in [-0.39, 0.29) is 11.3 Å². The molecule has 3 heteroatoms. The van der Waals surface area contributed by atoms with Crippen LogP contribution in [0.2, 0.25) is 0 Å². The Labute approximate surface area is 144 Å². The van der Waals surface area contributed by atoms with Gasteiger partial charge in [-0.15, -0.1) is 0 Å². The molecule has 0 amide bonds. The van der Waals surface area contributed by atoms with Crippen molar-refractivity contribution in [3.8, 4) is 0 Å². The summed E-state index contributed by atoms with van der Waals surface area (Å²) in [6.07, 6.45) is 2.29. The first-order valence-electron chi connectivity index (χ1n) is 9.05. The number of nitrogens with zero attached hydrogens (tertiary/aromatic N) is 1. The molecule has 3 rings (SSSR count). The molecule has 1 N–H and O–H groups in total. The second kappa shape index (κ2) is 5.94. The highest BCUT2D eigenvalue weighted by molar-refractivity contribution is 5.87. The smallest absolute Gasteiger partial charge is 0.306 e. The van der Waals surface area contributed by atoms with Crippen LogP contribution in [-0.4, -0.2) is 15.6 Å². The number of hydrogen-bond donors (Lipinski definition) is 1. The highest BCUT2D eigenvalue weighted by Gasteiger charge is 2.29. The average Bonchev–Trinajstić information content (AvgIpc) is 2.79. The van der Waals surface area contributed by atoms with Crippen molar-refractivity contribution in [2.45, 2.75) is 65.8 Å². The fourth-order valence-electron chi connectivity index (χ4n) is 3.90. The third-order valence-electron chi connectivity index (χ3n) is 5.23. The molecule has 0 aliphatic heterocycles. The monoisotopic (exact) mass is 327 g/mol. The lowest BCUT2D eigenvalue weighted by atomic mass is 9.83. The number of benzene rings is 1. The zero-order valence-corrected chi connectivity index (χ0v) is 15.5. The number of rotatable bonds is 3. The van der Waals surface area contributed by atoms with Crippen LogP contribution in [0.5, 0.6) is 0 Å². The zero-order valence-electron chi connectivity index (χ0n) is 15.5. The molecule has 3 nitrogen and oxygen atoms in total. The van der Waals surface area contributed by atoms with Gasteiger partial charge in [-0.05, 0) is 53.9 Å². The fraction of sp³-hybridized carbons (Fsp3) is 0.571. The summed E-state index contributed by atoms with van der Waals surface area (Å²) >= 11 is 0. The quantitative estimate of drug-likeness (QED) is 0.881.